The molecule has 0 radical (unpaired) electrons. The Hall–Kier alpha value is -3.55. The van der Waals surface area contributed by atoms with E-state index >= 15 is 0 Å². The number of amidine groups is 1. The van der Waals surface area contributed by atoms with Gasteiger partial charge in [0.2, 0.25) is 0 Å². The van der Waals surface area contributed by atoms with Gasteiger partial charge in [-0.05, 0) is 56.0 Å². The van der Waals surface area contributed by atoms with Crippen molar-refractivity contribution in [3.05, 3.63) is 52.1 Å². The molecule has 0 aromatic heterocycles. The van der Waals surface area contributed by atoms with Gasteiger partial charge in [0.1, 0.15) is 11.6 Å². The van der Waals surface area contributed by atoms with E-state index in [2.05, 4.69) is 5.32 Å². The third-order valence-corrected chi connectivity index (χ3v) is 5.86. The highest BCUT2D eigenvalue weighted by atomic mass is 16.5. The predicted molar refractivity (Wildman–Crippen MR) is 135 cm³/mol. The van der Waals surface area contributed by atoms with Crippen molar-refractivity contribution in [2.75, 3.05) is 26.3 Å². The van der Waals surface area contributed by atoms with Crippen molar-refractivity contribution in [1.82, 2.24) is 10.2 Å². The predicted octanol–water partition coefficient (Wildman–Crippen LogP) is 4.26. The van der Waals surface area contributed by atoms with Crippen LogP contribution in [0, 0.1) is 5.41 Å². The number of nitrogens with one attached hydrogen (secondary N) is 2. The Bertz CT molecular complexity index is 1150. The number of aromatic hydroxyl groups is 1. The number of hydrogen-bond donors (Lipinski definition) is 3. The molecule has 2 aromatic rings. The molecular formula is C27H35N3O5. The first-order valence-corrected chi connectivity index (χ1v) is 12.0. The van der Waals surface area contributed by atoms with E-state index in [4.69, 9.17) is 14.9 Å². The third-order valence-electron chi connectivity index (χ3n) is 5.86. The quantitative estimate of drug-likeness (QED) is 0.462. The lowest BCUT2D eigenvalue weighted by Crippen LogP contribution is -2.30. The lowest BCUT2D eigenvalue weighted by molar-refractivity contribution is 0.0947. The zero-order valence-electron chi connectivity index (χ0n) is 21.4. The first-order valence-electron chi connectivity index (χ1n) is 12.0. The van der Waals surface area contributed by atoms with Gasteiger partial charge < -0.3 is 24.8 Å². The molecule has 0 bridgehead atoms. The minimum atomic E-state index is -0.395. The maximum Gasteiger partial charge on any atom is 0.255 e. The highest BCUT2D eigenvalue weighted by Crippen LogP contribution is 2.39. The van der Waals surface area contributed by atoms with Crippen molar-refractivity contribution < 1.29 is 24.2 Å². The normalized spacial score (nSPS) is 13.0. The van der Waals surface area contributed by atoms with Crippen LogP contribution in [0.15, 0.2) is 24.3 Å². The van der Waals surface area contributed by atoms with Crippen LogP contribution >= 0.6 is 0 Å². The van der Waals surface area contributed by atoms with E-state index in [1.807, 2.05) is 41.5 Å². The maximum atomic E-state index is 13.3. The van der Waals surface area contributed by atoms with Gasteiger partial charge in [-0.2, -0.15) is 0 Å². The second kappa shape index (κ2) is 10.4. The Morgan fingerprint density at radius 1 is 1.06 bits per heavy atom. The molecule has 0 saturated heterocycles. The summed E-state index contributed by atoms with van der Waals surface area (Å²) in [6, 6.07) is 6.72. The van der Waals surface area contributed by atoms with Crippen LogP contribution in [-0.2, 0) is 12.0 Å². The molecule has 1 heterocycles. The average Bonchev–Trinajstić information content (AvgIpc) is 3.08. The Morgan fingerprint density at radius 2 is 1.71 bits per heavy atom. The second-order valence-corrected chi connectivity index (χ2v) is 9.48. The maximum absolute atomic E-state index is 13.3. The summed E-state index contributed by atoms with van der Waals surface area (Å²) in [5.41, 5.74) is 2.46. The largest absolute Gasteiger partial charge is 0.504 e. The van der Waals surface area contributed by atoms with Gasteiger partial charge in [0.15, 0.2) is 17.3 Å². The van der Waals surface area contributed by atoms with Gasteiger partial charge in [-0.15, -0.1) is 0 Å². The molecule has 0 aliphatic carbocycles. The zero-order valence-corrected chi connectivity index (χ0v) is 21.4. The molecule has 0 unspecified atom stereocenters. The number of phenols is 1. The van der Waals surface area contributed by atoms with Crippen LogP contribution in [0.25, 0.3) is 0 Å². The minimum Gasteiger partial charge on any atom is -0.504 e. The van der Waals surface area contributed by atoms with Gasteiger partial charge in [-0.1, -0.05) is 20.8 Å². The number of carbonyl (C=O) groups is 2. The summed E-state index contributed by atoms with van der Waals surface area (Å²) in [4.78, 5) is 27.5. The number of Topliss-reactive ketones (excluding diaryl/α,β-unsaturated/α-hetero) is 1. The Kier molecular flexibility index (Phi) is 7.73. The number of rotatable bonds is 9. The Balaban J connectivity index is 1.91. The van der Waals surface area contributed by atoms with Crippen LogP contribution in [0.5, 0.6) is 17.2 Å². The molecule has 188 valence electrons. The van der Waals surface area contributed by atoms with Crippen molar-refractivity contribution in [3.8, 4) is 17.2 Å². The summed E-state index contributed by atoms with van der Waals surface area (Å²) in [5.74, 6) is 0.510. The Morgan fingerprint density at radius 3 is 2.31 bits per heavy atom. The van der Waals surface area contributed by atoms with Crippen LogP contribution < -0.4 is 14.8 Å². The van der Waals surface area contributed by atoms with Crippen molar-refractivity contribution in [3.63, 3.8) is 0 Å². The van der Waals surface area contributed by atoms with E-state index < -0.39 is 5.41 Å². The fourth-order valence-electron chi connectivity index (χ4n) is 4.14. The van der Waals surface area contributed by atoms with Crippen LogP contribution in [0.1, 0.15) is 78.9 Å². The van der Waals surface area contributed by atoms with Crippen LogP contribution in [0.2, 0.25) is 0 Å². The van der Waals surface area contributed by atoms with Crippen molar-refractivity contribution in [1.29, 1.82) is 5.41 Å². The fraction of sp³-hybridized carbons (Fsp3) is 0.444. The highest BCUT2D eigenvalue weighted by molar-refractivity contribution is 6.07. The summed E-state index contributed by atoms with van der Waals surface area (Å²) in [7, 11) is 0. The Labute approximate surface area is 206 Å². The van der Waals surface area contributed by atoms with Gasteiger partial charge in [-0.3, -0.25) is 15.0 Å². The van der Waals surface area contributed by atoms with Crippen molar-refractivity contribution >= 4 is 17.5 Å². The monoisotopic (exact) mass is 481 g/mol. The topological polar surface area (TPSA) is 112 Å². The number of ketones is 1. The van der Waals surface area contributed by atoms with Crippen molar-refractivity contribution in [2.45, 2.75) is 53.5 Å². The summed E-state index contributed by atoms with van der Waals surface area (Å²) in [6.07, 6.45) is 0. The van der Waals surface area contributed by atoms with Gasteiger partial charge in [0.25, 0.3) is 5.91 Å². The van der Waals surface area contributed by atoms with Gasteiger partial charge >= 0.3 is 0 Å². The lowest BCUT2D eigenvalue weighted by Gasteiger charge is -2.23. The molecule has 1 aliphatic heterocycles. The van der Waals surface area contributed by atoms with Gasteiger partial charge in [-0.25, -0.2) is 0 Å². The summed E-state index contributed by atoms with van der Waals surface area (Å²) in [6.45, 7) is 13.0. The molecule has 1 aliphatic rings. The first-order chi connectivity index (χ1) is 16.5. The molecule has 35 heavy (non-hydrogen) atoms. The molecule has 0 spiro atoms. The van der Waals surface area contributed by atoms with Gasteiger partial charge in [0, 0.05) is 29.8 Å². The third kappa shape index (κ3) is 5.42. The number of ether oxygens (including phenoxy) is 2. The average molecular weight is 482 g/mol. The molecule has 8 heteroatoms. The van der Waals surface area contributed by atoms with Crippen LogP contribution in [0.4, 0.5) is 0 Å². The van der Waals surface area contributed by atoms with Crippen LogP contribution in [-0.4, -0.2) is 53.8 Å². The number of amides is 1. The number of nitrogens with zero attached hydrogens (tertiary/aromatic N) is 1. The molecule has 3 rings (SSSR count). The van der Waals surface area contributed by atoms with E-state index in [0.717, 1.165) is 5.56 Å². The zero-order chi connectivity index (χ0) is 25.9. The van der Waals surface area contributed by atoms with E-state index in [-0.39, 0.29) is 35.6 Å². The minimum absolute atomic E-state index is 0.0199. The number of carbonyl (C=O) groups excluding carboxylic acids is 2. The second-order valence-electron chi connectivity index (χ2n) is 9.48. The highest BCUT2D eigenvalue weighted by Gasteiger charge is 2.30. The molecule has 8 nitrogen and oxygen atoms in total. The van der Waals surface area contributed by atoms with E-state index in [9.17, 15) is 14.7 Å². The van der Waals surface area contributed by atoms with E-state index in [1.54, 1.807) is 29.2 Å². The first kappa shape index (κ1) is 26.1. The molecule has 3 N–H and O–H groups in total. The number of phenolic OH excluding ortho intramolecular Hbond substituents is 1. The molecule has 0 fully saturated rings. The summed E-state index contributed by atoms with van der Waals surface area (Å²) in [5, 5.41) is 22.1. The standard InChI is InChI=1S/C27H35N3O5/c1-7-29-26(33)19-13-18-17(12-22(19)34-8-2)14-30(25(18)28)15-21(31)16-10-20(27(4,5)6)24(32)23(11-16)35-9-3/h10-13,28,32H,7-9,14-15H2,1-6H3,(H,29,33). The van der Waals surface area contributed by atoms with Gasteiger partial charge in [0.05, 0.1) is 25.3 Å². The van der Waals surface area contributed by atoms with E-state index in [1.165, 1.54) is 0 Å². The number of benzene rings is 2. The smallest absolute Gasteiger partial charge is 0.255 e. The van der Waals surface area contributed by atoms with Crippen LogP contribution in [0.3, 0.4) is 0 Å². The van der Waals surface area contributed by atoms with E-state index in [0.29, 0.717) is 54.3 Å². The van der Waals surface area contributed by atoms with Crippen molar-refractivity contribution in [2.24, 2.45) is 0 Å². The number of fused-ring (bicyclic) bond motifs is 1. The molecule has 0 saturated carbocycles. The molecule has 2 aromatic carbocycles. The lowest BCUT2D eigenvalue weighted by atomic mass is 9.84. The number of hydrogen-bond acceptors (Lipinski definition) is 6. The fourth-order valence-corrected chi connectivity index (χ4v) is 4.14. The SMILES string of the molecule is CCNC(=O)c1cc2c(cc1OCC)CN(CC(=O)c1cc(OCC)c(O)c(C(C)(C)C)c1)C2=N. The molecular weight excluding hydrogens is 446 g/mol. The molecule has 0 atom stereocenters. The molecule has 1 amide bonds. The summed E-state index contributed by atoms with van der Waals surface area (Å²) >= 11 is 0. The summed E-state index contributed by atoms with van der Waals surface area (Å²) < 4.78 is 11.3.